The molecule has 3 N–H and O–H groups in total. The average molecular weight is 505 g/mol. The number of anilines is 3. The zero-order chi connectivity index (χ0) is 25.2. The Bertz CT molecular complexity index is 1280. The van der Waals surface area contributed by atoms with Gasteiger partial charge in [-0.2, -0.15) is 0 Å². The molecule has 1 aromatic heterocycles. The summed E-state index contributed by atoms with van der Waals surface area (Å²) in [4.78, 5) is 53.9. The number of aliphatic carboxylic acids is 1. The summed E-state index contributed by atoms with van der Waals surface area (Å²) in [6.07, 6.45) is 2.72. The van der Waals surface area contributed by atoms with Crippen molar-refractivity contribution in [2.75, 3.05) is 22.6 Å². The highest BCUT2D eigenvalue weighted by Crippen LogP contribution is 2.29. The molecule has 0 aliphatic carbocycles. The number of nitrogens with one attached hydrogen (secondary N) is 2. The highest BCUT2D eigenvalue weighted by molar-refractivity contribution is 6.39. The average Bonchev–Trinajstić information content (AvgIpc) is 2.80. The van der Waals surface area contributed by atoms with E-state index < -0.39 is 28.8 Å². The van der Waals surface area contributed by atoms with Gasteiger partial charge in [-0.3, -0.25) is 19.4 Å². The van der Waals surface area contributed by atoms with Crippen molar-refractivity contribution in [3.8, 4) is 0 Å². The Morgan fingerprint density at radius 2 is 1.62 bits per heavy atom. The fraction of sp³-hybridized carbons (Fsp3) is 0.261. The van der Waals surface area contributed by atoms with Crippen LogP contribution in [0.2, 0.25) is 10.0 Å². The number of carboxylic acids is 1. The van der Waals surface area contributed by atoms with Crippen LogP contribution in [0.15, 0.2) is 46.2 Å². The molecule has 0 bridgehead atoms. The number of amides is 1. The number of pyridine rings is 1. The van der Waals surface area contributed by atoms with Gasteiger partial charge in [0.2, 0.25) is 0 Å². The molecule has 178 valence electrons. The van der Waals surface area contributed by atoms with Crippen LogP contribution in [-0.4, -0.2) is 41.1 Å². The van der Waals surface area contributed by atoms with Crippen molar-refractivity contribution in [1.82, 2.24) is 4.98 Å². The number of carboxylic acid groups (broad SMARTS) is 1. The molecule has 34 heavy (non-hydrogen) atoms. The molecule has 0 radical (unpaired) electrons. The number of benzene rings is 1. The van der Waals surface area contributed by atoms with Crippen LogP contribution >= 0.6 is 23.2 Å². The van der Waals surface area contributed by atoms with Crippen LogP contribution in [0, 0.1) is 0 Å². The Hall–Kier alpha value is -3.43. The zero-order valence-electron chi connectivity index (χ0n) is 18.6. The molecule has 0 aliphatic rings. The minimum absolute atomic E-state index is 0.00398. The van der Waals surface area contributed by atoms with Crippen molar-refractivity contribution in [3.05, 3.63) is 78.3 Å². The molecule has 0 saturated carbocycles. The number of hydrogen-bond donors (Lipinski definition) is 3. The fourth-order valence-corrected chi connectivity index (χ4v) is 3.69. The predicted octanol–water partition coefficient (Wildman–Crippen LogP) is 3.19. The van der Waals surface area contributed by atoms with Gasteiger partial charge in [-0.05, 0) is 31.5 Å². The summed E-state index contributed by atoms with van der Waals surface area (Å²) >= 11 is 12.0. The third-order valence-electron chi connectivity index (χ3n) is 5.38. The highest BCUT2D eigenvalue weighted by Gasteiger charge is 2.29. The summed E-state index contributed by atoms with van der Waals surface area (Å²) in [6.45, 7) is 3.70. The summed E-state index contributed by atoms with van der Waals surface area (Å²) in [5.74, 6) is -1.64. The van der Waals surface area contributed by atoms with Crippen LogP contribution in [0.1, 0.15) is 29.8 Å². The van der Waals surface area contributed by atoms with Gasteiger partial charge in [-0.15, -0.1) is 0 Å². The lowest BCUT2D eigenvalue weighted by Crippen LogP contribution is -2.46. The Kier molecular flexibility index (Phi) is 7.58. The van der Waals surface area contributed by atoms with Gasteiger partial charge in [-0.25, -0.2) is 4.79 Å². The van der Waals surface area contributed by atoms with Gasteiger partial charge in [-0.1, -0.05) is 35.3 Å². The van der Waals surface area contributed by atoms with Crippen molar-refractivity contribution in [1.29, 1.82) is 0 Å². The van der Waals surface area contributed by atoms with E-state index in [2.05, 4.69) is 15.6 Å². The minimum Gasteiger partial charge on any atom is -0.480 e. The van der Waals surface area contributed by atoms with E-state index in [9.17, 15) is 24.3 Å². The van der Waals surface area contributed by atoms with E-state index in [-0.39, 0.29) is 39.6 Å². The maximum Gasteiger partial charge on any atom is 0.326 e. The summed E-state index contributed by atoms with van der Waals surface area (Å²) in [7, 11) is 1.66. The molecule has 3 rings (SSSR count). The highest BCUT2D eigenvalue weighted by atomic mass is 35.5. The van der Waals surface area contributed by atoms with Crippen LogP contribution in [0.5, 0.6) is 0 Å². The van der Waals surface area contributed by atoms with E-state index in [1.54, 1.807) is 24.1 Å². The van der Waals surface area contributed by atoms with Crippen molar-refractivity contribution >= 4 is 52.1 Å². The van der Waals surface area contributed by atoms with Crippen molar-refractivity contribution < 1.29 is 14.7 Å². The van der Waals surface area contributed by atoms with E-state index in [4.69, 9.17) is 23.2 Å². The summed E-state index contributed by atoms with van der Waals surface area (Å²) in [5.41, 5.74) is -0.0772. The van der Waals surface area contributed by atoms with Gasteiger partial charge in [0.05, 0.1) is 15.7 Å². The molecule has 3 aromatic rings. The lowest BCUT2D eigenvalue weighted by molar-refractivity contribution is -0.137. The lowest BCUT2D eigenvalue weighted by atomic mass is 10.0. The maximum atomic E-state index is 12.5. The quantitative estimate of drug-likeness (QED) is 0.379. The van der Waals surface area contributed by atoms with Gasteiger partial charge < -0.3 is 20.6 Å². The molecule has 0 aliphatic heterocycles. The molecule has 1 atom stereocenters. The normalized spacial score (nSPS) is 11.9. The van der Waals surface area contributed by atoms with Crippen molar-refractivity contribution in [2.24, 2.45) is 0 Å². The number of rotatable bonds is 9. The summed E-state index contributed by atoms with van der Waals surface area (Å²) in [5, 5.41) is 15.4. The van der Waals surface area contributed by atoms with E-state index in [0.29, 0.717) is 11.1 Å². The largest absolute Gasteiger partial charge is 0.480 e. The predicted molar refractivity (Wildman–Crippen MR) is 132 cm³/mol. The van der Waals surface area contributed by atoms with Crippen LogP contribution < -0.4 is 26.4 Å². The topological polar surface area (TPSA) is 129 Å². The summed E-state index contributed by atoms with van der Waals surface area (Å²) < 4.78 is 0. The number of aromatic nitrogens is 1. The number of nitrogens with zero attached hydrogens (tertiary/aromatic N) is 2. The minimum atomic E-state index is -1.19. The second-order valence-electron chi connectivity index (χ2n) is 7.95. The molecular formula is C23H22Cl2N4O5. The third-order valence-corrected chi connectivity index (χ3v) is 5.95. The van der Waals surface area contributed by atoms with Crippen molar-refractivity contribution in [3.63, 3.8) is 0 Å². The van der Waals surface area contributed by atoms with Crippen molar-refractivity contribution in [2.45, 2.75) is 32.4 Å². The number of hydrogen-bond acceptors (Lipinski definition) is 7. The number of halogens is 2. The van der Waals surface area contributed by atoms with Crippen LogP contribution in [0.25, 0.3) is 0 Å². The second-order valence-corrected chi connectivity index (χ2v) is 8.77. The van der Waals surface area contributed by atoms with Gasteiger partial charge >= 0.3 is 5.97 Å². The smallest absolute Gasteiger partial charge is 0.326 e. The van der Waals surface area contributed by atoms with E-state index in [0.717, 1.165) is 0 Å². The first-order valence-electron chi connectivity index (χ1n) is 10.3. The molecular weight excluding hydrogens is 483 g/mol. The van der Waals surface area contributed by atoms with Gasteiger partial charge in [0, 0.05) is 37.5 Å². The monoisotopic (exact) mass is 504 g/mol. The van der Waals surface area contributed by atoms with E-state index in [1.165, 1.54) is 24.5 Å². The molecule has 11 heteroatoms. The van der Waals surface area contributed by atoms with Gasteiger partial charge in [0.15, 0.2) is 0 Å². The van der Waals surface area contributed by atoms with Crippen LogP contribution in [0.4, 0.5) is 17.1 Å². The molecule has 0 unspecified atom stereocenters. The van der Waals surface area contributed by atoms with Gasteiger partial charge in [0.25, 0.3) is 16.8 Å². The first-order valence-corrected chi connectivity index (χ1v) is 11.0. The second kappa shape index (κ2) is 10.2. The Morgan fingerprint density at radius 3 is 2.15 bits per heavy atom. The molecule has 1 heterocycles. The standard InChI is InChI=1S/C23H22Cl2N4O5/c1-11(2)29(3)19-18(20(30)21(19)31)27-16(23(33)34)8-12-4-6-13(7-5-12)22(32)28-17-14(24)9-26-10-15(17)25/h4-7,9-11,16,27H,8H2,1-3H3,(H,33,34)(H,26,28,32)/t16-/m0/s1. The van der Waals surface area contributed by atoms with E-state index >= 15 is 0 Å². The Balaban J connectivity index is 1.74. The number of carbonyl (C=O) groups is 2. The molecule has 1 amide bonds. The molecule has 2 aromatic carbocycles. The fourth-order valence-electron chi connectivity index (χ4n) is 3.23. The summed E-state index contributed by atoms with van der Waals surface area (Å²) in [6, 6.07) is 5.06. The van der Waals surface area contributed by atoms with Crippen LogP contribution in [-0.2, 0) is 11.2 Å². The molecule has 0 fully saturated rings. The first-order chi connectivity index (χ1) is 16.0. The first kappa shape index (κ1) is 25.2. The van der Waals surface area contributed by atoms with Crippen LogP contribution in [0.3, 0.4) is 0 Å². The van der Waals surface area contributed by atoms with E-state index in [1.807, 2.05) is 13.8 Å². The third kappa shape index (κ3) is 5.21. The molecule has 9 nitrogen and oxygen atoms in total. The molecule has 0 saturated heterocycles. The SMILES string of the molecule is CC(C)N(C)c1c(N[C@@H](Cc2ccc(C(=O)Nc3c(Cl)cncc3Cl)cc2)C(=O)O)c(=O)c1=O. The maximum absolute atomic E-state index is 12.5. The zero-order valence-corrected chi connectivity index (χ0v) is 20.1. The molecule has 0 spiro atoms. The Labute approximate surface area is 205 Å². The Morgan fingerprint density at radius 1 is 1.03 bits per heavy atom. The number of carbonyl (C=O) groups excluding carboxylic acids is 1. The lowest BCUT2D eigenvalue weighted by Gasteiger charge is -2.28. The van der Waals surface area contributed by atoms with Gasteiger partial charge in [0.1, 0.15) is 17.4 Å².